The highest BCUT2D eigenvalue weighted by Gasteiger charge is 2.53. The van der Waals surface area contributed by atoms with Gasteiger partial charge < -0.3 is 0 Å². The molecule has 0 heterocycles. The van der Waals surface area contributed by atoms with E-state index in [4.69, 9.17) is 0 Å². The molecule has 0 saturated carbocycles. The van der Waals surface area contributed by atoms with Crippen molar-refractivity contribution in [3.05, 3.63) is 0 Å². The van der Waals surface area contributed by atoms with Crippen LogP contribution in [-0.2, 0) is 0 Å². The van der Waals surface area contributed by atoms with E-state index in [-0.39, 0.29) is 6.42 Å². The van der Waals surface area contributed by atoms with Gasteiger partial charge in [0.15, 0.2) is 0 Å². The Hall–Kier alpha value is 0.930. The summed E-state index contributed by atoms with van der Waals surface area (Å²) < 4.78 is 52.0. The van der Waals surface area contributed by atoms with Crippen LogP contribution in [0.4, 0.5) is 17.6 Å². The van der Waals surface area contributed by atoms with Crippen molar-refractivity contribution in [2.45, 2.75) is 81.4 Å². The van der Waals surface area contributed by atoms with Gasteiger partial charge in [0.1, 0.15) is 0 Å². The van der Waals surface area contributed by atoms with Crippen LogP contribution in [-0.4, -0.2) is 15.2 Å². The molecule has 0 fully saturated rings. The van der Waals surface area contributed by atoms with Gasteiger partial charge in [-0.2, -0.15) is 17.6 Å². The van der Waals surface area contributed by atoms with Crippen molar-refractivity contribution in [3.63, 3.8) is 0 Å². The van der Waals surface area contributed by atoms with Crippen molar-refractivity contribution in [2.24, 2.45) is 0 Å². The lowest BCUT2D eigenvalue weighted by atomic mass is 10.0. The van der Waals surface area contributed by atoms with Gasteiger partial charge in [-0.15, -0.1) is 0 Å². The average Bonchev–Trinajstić information content (AvgIpc) is 2.34. The molecular formula is C14H24BrF4I. The molecule has 0 aliphatic carbocycles. The number of hydrogen-bond donors (Lipinski definition) is 0. The van der Waals surface area contributed by atoms with Gasteiger partial charge in [0, 0.05) is 6.42 Å². The molecule has 0 amide bonds. The molecule has 0 rings (SSSR count). The zero-order valence-corrected chi connectivity index (χ0v) is 15.5. The minimum absolute atomic E-state index is 0.157. The minimum atomic E-state index is -4.09. The van der Waals surface area contributed by atoms with E-state index in [1.165, 1.54) is 36.5 Å². The smallest absolute Gasteiger partial charge is 0.199 e. The van der Waals surface area contributed by atoms with Crippen LogP contribution in [0.3, 0.4) is 0 Å². The van der Waals surface area contributed by atoms with Crippen LogP contribution in [0.15, 0.2) is 0 Å². The standard InChI is InChI=1S/C14H24BrF4I/c15-14(18,19)13(16,17)11-9-7-5-3-1-2-4-6-8-10-12-20/h1-12H2. The molecule has 0 N–H and O–H groups in total. The van der Waals surface area contributed by atoms with Gasteiger partial charge in [-0.1, -0.05) is 74.0 Å². The summed E-state index contributed by atoms with van der Waals surface area (Å²) in [5.74, 6) is -3.94. The van der Waals surface area contributed by atoms with Crippen molar-refractivity contribution in [3.8, 4) is 0 Å². The summed E-state index contributed by atoms with van der Waals surface area (Å²) in [6.45, 7) is 0. The Balaban J connectivity index is 3.33. The Morgan fingerprint density at radius 1 is 0.650 bits per heavy atom. The fraction of sp³-hybridized carbons (Fsp3) is 1.00. The van der Waals surface area contributed by atoms with Gasteiger partial charge >= 0.3 is 10.8 Å². The third-order valence-electron chi connectivity index (χ3n) is 3.29. The molecule has 0 radical (unpaired) electrons. The topological polar surface area (TPSA) is 0 Å². The molecule has 0 bridgehead atoms. The van der Waals surface area contributed by atoms with E-state index in [9.17, 15) is 17.6 Å². The Bertz CT molecular complexity index is 232. The van der Waals surface area contributed by atoms with Crippen molar-refractivity contribution in [2.75, 3.05) is 4.43 Å². The lowest BCUT2D eigenvalue weighted by molar-refractivity contribution is -0.151. The Morgan fingerprint density at radius 3 is 1.35 bits per heavy atom. The molecule has 0 aliphatic heterocycles. The maximum absolute atomic E-state index is 12.9. The van der Waals surface area contributed by atoms with E-state index in [2.05, 4.69) is 22.6 Å². The van der Waals surface area contributed by atoms with E-state index >= 15 is 0 Å². The SMILES string of the molecule is FC(F)(Br)C(F)(F)CCCCCCCCCCCCI. The molecule has 0 aromatic heterocycles. The van der Waals surface area contributed by atoms with Crippen LogP contribution in [0.2, 0.25) is 0 Å². The summed E-state index contributed by atoms with van der Waals surface area (Å²) in [4.78, 5) is -4.09. The first-order valence-corrected chi connectivity index (χ1v) is 9.63. The summed E-state index contributed by atoms with van der Waals surface area (Å²) in [5.41, 5.74) is 0. The highest BCUT2D eigenvalue weighted by Crippen LogP contribution is 2.42. The lowest BCUT2D eigenvalue weighted by Crippen LogP contribution is -2.34. The molecule has 6 heteroatoms. The molecule has 0 saturated heterocycles. The predicted molar refractivity (Wildman–Crippen MR) is 88.5 cm³/mol. The van der Waals surface area contributed by atoms with Crippen LogP contribution in [0.1, 0.15) is 70.6 Å². The molecular weight excluding hydrogens is 451 g/mol. The number of unbranched alkanes of at least 4 members (excludes halogenated alkanes) is 9. The summed E-state index contributed by atoms with van der Waals surface area (Å²) in [6, 6.07) is 0. The number of rotatable bonds is 13. The van der Waals surface area contributed by atoms with E-state index in [1.807, 2.05) is 0 Å². The van der Waals surface area contributed by atoms with E-state index in [1.54, 1.807) is 15.9 Å². The summed E-state index contributed by atoms with van der Waals surface area (Å²) in [6.07, 6.45) is 9.29. The highest BCUT2D eigenvalue weighted by molar-refractivity contribution is 14.1. The summed E-state index contributed by atoms with van der Waals surface area (Å²) >= 11 is 4.13. The van der Waals surface area contributed by atoms with Gasteiger partial charge in [-0.05, 0) is 33.2 Å². The molecule has 0 atom stereocenters. The van der Waals surface area contributed by atoms with Gasteiger partial charge in [-0.25, -0.2) is 0 Å². The number of halogens is 6. The first-order valence-electron chi connectivity index (χ1n) is 7.32. The lowest BCUT2D eigenvalue weighted by Gasteiger charge is -2.21. The zero-order valence-electron chi connectivity index (χ0n) is 11.8. The third-order valence-corrected chi connectivity index (χ3v) is 4.63. The molecule has 0 aromatic rings. The quantitative estimate of drug-likeness (QED) is 0.113. The van der Waals surface area contributed by atoms with Gasteiger partial charge in [0.25, 0.3) is 0 Å². The highest BCUT2D eigenvalue weighted by atomic mass is 127. The first-order chi connectivity index (χ1) is 9.31. The summed E-state index contributed by atoms with van der Waals surface area (Å²) in [5, 5.41) is 0. The van der Waals surface area contributed by atoms with E-state index in [0.717, 1.165) is 19.3 Å². The molecule has 0 unspecified atom stereocenters. The van der Waals surface area contributed by atoms with Crippen LogP contribution in [0, 0.1) is 0 Å². The second-order valence-corrected chi connectivity index (χ2v) is 7.25. The molecule has 0 spiro atoms. The largest absolute Gasteiger partial charge is 0.363 e. The molecule has 20 heavy (non-hydrogen) atoms. The molecule has 122 valence electrons. The minimum Gasteiger partial charge on any atom is -0.199 e. The normalized spacial score (nSPS) is 12.9. The van der Waals surface area contributed by atoms with Crippen LogP contribution in [0.5, 0.6) is 0 Å². The van der Waals surface area contributed by atoms with E-state index in [0.29, 0.717) is 6.42 Å². The first kappa shape index (κ1) is 20.9. The van der Waals surface area contributed by atoms with Crippen molar-refractivity contribution in [1.82, 2.24) is 0 Å². The maximum Gasteiger partial charge on any atom is 0.363 e. The third kappa shape index (κ3) is 10.6. The molecule has 0 aromatic carbocycles. The number of alkyl halides is 6. The van der Waals surface area contributed by atoms with E-state index < -0.39 is 17.2 Å². The summed E-state index contributed by atoms with van der Waals surface area (Å²) in [7, 11) is 0. The predicted octanol–water partition coefficient (Wildman–Crippen LogP) is 7.34. The average molecular weight is 475 g/mol. The van der Waals surface area contributed by atoms with Crippen LogP contribution < -0.4 is 0 Å². The molecule has 0 nitrogen and oxygen atoms in total. The van der Waals surface area contributed by atoms with Crippen LogP contribution in [0.25, 0.3) is 0 Å². The maximum atomic E-state index is 12.9. The second-order valence-electron chi connectivity index (χ2n) is 5.18. The fourth-order valence-electron chi connectivity index (χ4n) is 2.00. The van der Waals surface area contributed by atoms with Gasteiger partial charge in [-0.3, -0.25) is 0 Å². The number of hydrogen-bond acceptors (Lipinski definition) is 0. The fourth-order valence-corrected chi connectivity index (χ4v) is 2.74. The van der Waals surface area contributed by atoms with Crippen molar-refractivity contribution in [1.29, 1.82) is 0 Å². The monoisotopic (exact) mass is 474 g/mol. The Labute approximate surface area is 141 Å². The second kappa shape index (κ2) is 11.5. The van der Waals surface area contributed by atoms with Gasteiger partial charge in [0.2, 0.25) is 0 Å². The zero-order chi connectivity index (χ0) is 15.5. The molecule has 0 aliphatic rings. The Morgan fingerprint density at radius 2 is 1.00 bits per heavy atom. The Kier molecular flexibility index (Phi) is 12.0. The van der Waals surface area contributed by atoms with Crippen molar-refractivity contribution < 1.29 is 17.6 Å². The van der Waals surface area contributed by atoms with Gasteiger partial charge in [0.05, 0.1) is 0 Å². The van der Waals surface area contributed by atoms with Crippen LogP contribution >= 0.6 is 38.5 Å². The van der Waals surface area contributed by atoms with Crippen molar-refractivity contribution >= 4 is 38.5 Å².